The maximum Gasteiger partial charge on any atom is 0.278 e. The molecule has 4 heteroatoms. The molecule has 0 radical (unpaired) electrons. The van der Waals surface area contributed by atoms with E-state index in [0.29, 0.717) is 12.0 Å². The molecular formula is C11H23N3O. The third-order valence-electron chi connectivity index (χ3n) is 1.71. The molecule has 88 valence electrons. The molecular weight excluding hydrogens is 190 g/mol. The standard InChI is InChI=1S/C11H23N3O/c1-7-10(6)11(15)14(12-8(2)3)13-9(4)5/h8-9,12-13H,6-7H2,1-5H3. The van der Waals surface area contributed by atoms with Crippen LogP contribution in [0.5, 0.6) is 0 Å². The molecule has 0 rings (SSSR count). The van der Waals surface area contributed by atoms with E-state index in [1.165, 1.54) is 5.12 Å². The minimum Gasteiger partial charge on any atom is -0.267 e. The monoisotopic (exact) mass is 213 g/mol. The van der Waals surface area contributed by atoms with Crippen molar-refractivity contribution in [2.75, 3.05) is 0 Å². The average Bonchev–Trinajstić information content (AvgIpc) is 2.13. The van der Waals surface area contributed by atoms with E-state index >= 15 is 0 Å². The Labute approximate surface area is 92.7 Å². The van der Waals surface area contributed by atoms with Gasteiger partial charge in [-0.05, 0) is 34.1 Å². The van der Waals surface area contributed by atoms with Crippen LogP contribution in [0.1, 0.15) is 41.0 Å². The fourth-order valence-electron chi connectivity index (χ4n) is 0.980. The second-order valence-corrected chi connectivity index (χ2v) is 4.17. The van der Waals surface area contributed by atoms with Gasteiger partial charge in [-0.1, -0.05) is 13.5 Å². The summed E-state index contributed by atoms with van der Waals surface area (Å²) in [5, 5.41) is 1.43. The molecule has 0 aliphatic carbocycles. The van der Waals surface area contributed by atoms with E-state index in [9.17, 15) is 4.79 Å². The fraction of sp³-hybridized carbons (Fsp3) is 0.727. The Morgan fingerprint density at radius 2 is 1.60 bits per heavy atom. The normalized spacial score (nSPS) is 10.9. The molecule has 0 aliphatic heterocycles. The molecule has 0 bridgehead atoms. The van der Waals surface area contributed by atoms with Gasteiger partial charge < -0.3 is 0 Å². The molecule has 0 aromatic heterocycles. The summed E-state index contributed by atoms with van der Waals surface area (Å²) in [5.74, 6) is -0.0973. The minimum absolute atomic E-state index is 0.0973. The Morgan fingerprint density at radius 1 is 1.20 bits per heavy atom. The first-order valence-electron chi connectivity index (χ1n) is 5.43. The minimum atomic E-state index is -0.0973. The summed E-state index contributed by atoms with van der Waals surface area (Å²) in [6, 6.07) is 0.398. The van der Waals surface area contributed by atoms with E-state index < -0.39 is 0 Å². The van der Waals surface area contributed by atoms with Gasteiger partial charge in [-0.3, -0.25) is 4.79 Å². The molecule has 0 saturated heterocycles. The zero-order valence-electron chi connectivity index (χ0n) is 10.4. The third kappa shape index (κ3) is 5.54. The van der Waals surface area contributed by atoms with Crippen LogP contribution in [-0.4, -0.2) is 23.1 Å². The predicted octanol–water partition coefficient (Wildman–Crippen LogP) is 1.61. The predicted molar refractivity (Wildman–Crippen MR) is 62.8 cm³/mol. The Bertz CT molecular complexity index is 214. The van der Waals surface area contributed by atoms with Gasteiger partial charge in [-0.25, -0.2) is 16.0 Å². The lowest BCUT2D eigenvalue weighted by molar-refractivity contribution is -0.135. The first-order valence-corrected chi connectivity index (χ1v) is 5.43. The van der Waals surface area contributed by atoms with Crippen molar-refractivity contribution in [1.82, 2.24) is 16.0 Å². The number of carbonyl (C=O) groups is 1. The number of carbonyl (C=O) groups excluding carboxylic acids is 1. The highest BCUT2D eigenvalue weighted by atomic mass is 16.2. The smallest absolute Gasteiger partial charge is 0.267 e. The molecule has 2 N–H and O–H groups in total. The van der Waals surface area contributed by atoms with E-state index in [-0.39, 0.29) is 18.0 Å². The Kier molecular flexibility index (Phi) is 6.20. The van der Waals surface area contributed by atoms with Crippen molar-refractivity contribution in [3.8, 4) is 0 Å². The van der Waals surface area contributed by atoms with Crippen LogP contribution >= 0.6 is 0 Å². The van der Waals surface area contributed by atoms with Crippen molar-refractivity contribution in [2.24, 2.45) is 0 Å². The summed E-state index contributed by atoms with van der Waals surface area (Å²) < 4.78 is 0. The van der Waals surface area contributed by atoms with Crippen LogP contribution in [0, 0.1) is 0 Å². The Balaban J connectivity index is 4.47. The van der Waals surface area contributed by atoms with Crippen molar-refractivity contribution in [2.45, 2.75) is 53.1 Å². The molecule has 1 amide bonds. The van der Waals surface area contributed by atoms with E-state index in [1.54, 1.807) is 0 Å². The van der Waals surface area contributed by atoms with Gasteiger partial charge in [0.2, 0.25) is 0 Å². The van der Waals surface area contributed by atoms with Crippen molar-refractivity contribution in [3.63, 3.8) is 0 Å². The van der Waals surface area contributed by atoms with Gasteiger partial charge in [-0.15, -0.1) is 0 Å². The molecule has 0 aliphatic rings. The van der Waals surface area contributed by atoms with Gasteiger partial charge in [-0.2, -0.15) is 0 Å². The number of hydrogen-bond donors (Lipinski definition) is 2. The Hall–Kier alpha value is -0.870. The first-order chi connectivity index (χ1) is 6.88. The van der Waals surface area contributed by atoms with Crippen molar-refractivity contribution >= 4 is 5.91 Å². The number of nitrogens with zero attached hydrogens (tertiary/aromatic N) is 1. The highest BCUT2D eigenvalue weighted by molar-refractivity contribution is 5.92. The topological polar surface area (TPSA) is 44.4 Å². The maximum atomic E-state index is 11.8. The number of nitrogens with one attached hydrogen (secondary N) is 2. The van der Waals surface area contributed by atoms with Gasteiger partial charge in [0.05, 0.1) is 0 Å². The molecule has 15 heavy (non-hydrogen) atoms. The lowest BCUT2D eigenvalue weighted by Gasteiger charge is -2.28. The summed E-state index contributed by atoms with van der Waals surface area (Å²) in [7, 11) is 0. The summed E-state index contributed by atoms with van der Waals surface area (Å²) in [5.41, 5.74) is 6.67. The molecule has 4 nitrogen and oxygen atoms in total. The molecule has 0 aromatic carbocycles. The van der Waals surface area contributed by atoms with E-state index in [0.717, 1.165) is 0 Å². The molecule has 0 aromatic rings. The van der Waals surface area contributed by atoms with Gasteiger partial charge >= 0.3 is 0 Å². The van der Waals surface area contributed by atoms with E-state index in [1.807, 2.05) is 34.6 Å². The maximum absolute atomic E-state index is 11.8. The first kappa shape index (κ1) is 14.1. The lowest BCUT2D eigenvalue weighted by atomic mass is 10.2. The summed E-state index contributed by atoms with van der Waals surface area (Å²) in [6.45, 7) is 13.6. The third-order valence-corrected chi connectivity index (χ3v) is 1.71. The lowest BCUT2D eigenvalue weighted by Crippen LogP contribution is -2.56. The Morgan fingerprint density at radius 3 is 1.87 bits per heavy atom. The van der Waals surface area contributed by atoms with Crippen molar-refractivity contribution in [1.29, 1.82) is 0 Å². The van der Waals surface area contributed by atoms with Crippen LogP contribution in [0.2, 0.25) is 0 Å². The summed E-state index contributed by atoms with van der Waals surface area (Å²) >= 11 is 0. The van der Waals surface area contributed by atoms with Crippen molar-refractivity contribution < 1.29 is 4.79 Å². The highest BCUT2D eigenvalue weighted by Gasteiger charge is 2.17. The van der Waals surface area contributed by atoms with E-state index in [2.05, 4.69) is 17.4 Å². The van der Waals surface area contributed by atoms with Crippen LogP contribution in [0.3, 0.4) is 0 Å². The SMILES string of the molecule is C=C(CC)C(=O)N(NC(C)C)NC(C)C. The number of rotatable bonds is 6. The van der Waals surface area contributed by atoms with Gasteiger partial charge in [0.15, 0.2) is 0 Å². The number of amides is 1. The second-order valence-electron chi connectivity index (χ2n) is 4.17. The zero-order chi connectivity index (χ0) is 12.0. The van der Waals surface area contributed by atoms with Gasteiger partial charge in [0, 0.05) is 17.7 Å². The van der Waals surface area contributed by atoms with Crippen LogP contribution in [0.4, 0.5) is 0 Å². The number of hydrogen-bond acceptors (Lipinski definition) is 3. The summed E-state index contributed by atoms with van der Waals surface area (Å²) in [6.07, 6.45) is 0.662. The highest BCUT2D eigenvalue weighted by Crippen LogP contribution is 2.01. The molecule has 0 unspecified atom stereocenters. The molecule has 0 atom stereocenters. The zero-order valence-corrected chi connectivity index (χ0v) is 10.4. The van der Waals surface area contributed by atoms with E-state index in [4.69, 9.17) is 0 Å². The molecule has 0 fully saturated rings. The number of hydrazine groups is 2. The average molecular weight is 213 g/mol. The molecule has 0 heterocycles. The van der Waals surface area contributed by atoms with Crippen molar-refractivity contribution in [3.05, 3.63) is 12.2 Å². The van der Waals surface area contributed by atoms with Crippen LogP contribution in [-0.2, 0) is 4.79 Å². The van der Waals surface area contributed by atoms with Gasteiger partial charge in [0.25, 0.3) is 5.91 Å². The van der Waals surface area contributed by atoms with Gasteiger partial charge in [0.1, 0.15) is 0 Å². The second kappa shape index (κ2) is 6.58. The van der Waals surface area contributed by atoms with Crippen LogP contribution in [0.25, 0.3) is 0 Å². The largest absolute Gasteiger partial charge is 0.278 e. The quantitative estimate of drug-likeness (QED) is 0.520. The fourth-order valence-corrected chi connectivity index (χ4v) is 0.980. The summed E-state index contributed by atoms with van der Waals surface area (Å²) in [4.78, 5) is 11.8. The molecule has 0 saturated carbocycles. The van der Waals surface area contributed by atoms with Crippen LogP contribution < -0.4 is 10.9 Å². The van der Waals surface area contributed by atoms with Crippen LogP contribution in [0.15, 0.2) is 12.2 Å². The molecule has 0 spiro atoms.